The number of carbonyl (C=O) groups is 3. The van der Waals surface area contributed by atoms with Crippen molar-refractivity contribution < 1.29 is 33.0 Å². The summed E-state index contributed by atoms with van der Waals surface area (Å²) in [5, 5.41) is 3.65. The minimum Gasteiger partial charge on any atom is -0.492 e. The highest BCUT2D eigenvalue weighted by molar-refractivity contribution is 6.08. The zero-order valence-corrected chi connectivity index (χ0v) is 29.0. The van der Waals surface area contributed by atoms with E-state index in [0.717, 1.165) is 32.2 Å². The Morgan fingerprint density at radius 1 is 0.980 bits per heavy atom. The summed E-state index contributed by atoms with van der Waals surface area (Å²) >= 11 is 0. The Morgan fingerprint density at radius 2 is 1.76 bits per heavy atom. The number of benzene rings is 2. The predicted octanol–water partition coefficient (Wildman–Crippen LogP) is 5.17. The number of esters is 2. The summed E-state index contributed by atoms with van der Waals surface area (Å²) in [6.07, 6.45) is 4.25. The van der Waals surface area contributed by atoms with Crippen molar-refractivity contribution in [3.8, 4) is 5.75 Å². The molecule has 2 aromatic heterocycles. The Kier molecular flexibility index (Phi) is 8.44. The molecule has 3 atom stereocenters. The number of aromatic nitrogens is 2. The van der Waals surface area contributed by atoms with Crippen LogP contribution >= 0.6 is 0 Å². The second-order valence-electron chi connectivity index (χ2n) is 14.1. The first-order valence-electron chi connectivity index (χ1n) is 17.8. The molecule has 266 valence electrons. The summed E-state index contributed by atoms with van der Waals surface area (Å²) in [4.78, 5) is 56.1. The number of carbonyl (C=O) groups excluding carboxylic acids is 3. The molecule has 51 heavy (non-hydrogen) atoms. The smallest absolute Gasteiger partial charge is 0.346 e. The summed E-state index contributed by atoms with van der Waals surface area (Å²) < 4.78 is 36.9. The van der Waals surface area contributed by atoms with Crippen LogP contribution in [0.25, 0.3) is 10.9 Å². The molecule has 5 heterocycles. The number of halogens is 1. The Hall–Kier alpha value is -4.97. The van der Waals surface area contributed by atoms with Crippen molar-refractivity contribution in [2.75, 3.05) is 38.4 Å². The summed E-state index contributed by atoms with van der Waals surface area (Å²) in [5.74, 6) is -2.17. The zero-order valence-electron chi connectivity index (χ0n) is 29.0. The maximum Gasteiger partial charge on any atom is 0.346 e. The molecule has 0 bridgehead atoms. The van der Waals surface area contributed by atoms with E-state index in [-0.39, 0.29) is 34.4 Å². The van der Waals surface area contributed by atoms with Crippen LogP contribution in [0.2, 0.25) is 0 Å². The third-order valence-electron chi connectivity index (χ3n) is 11.2. The van der Waals surface area contributed by atoms with E-state index in [2.05, 4.69) is 5.32 Å². The number of nitrogens with zero attached hydrogens (tertiary/aromatic N) is 3. The van der Waals surface area contributed by atoms with Crippen LogP contribution < -0.4 is 20.4 Å². The Morgan fingerprint density at radius 3 is 2.49 bits per heavy atom. The molecule has 12 heteroatoms. The van der Waals surface area contributed by atoms with Gasteiger partial charge in [0.25, 0.3) is 0 Å². The SMILES string of the molecule is COc1c(N2CC3CCCNC3C2)c(F)c(C)c2c(=O)c(C(=O)OCOC(=O)C3CCn4c(C(=O)c5ccccc5)ccc43)c(C)n(C3CC3)c12. The number of ketones is 1. The Labute approximate surface area is 294 Å². The zero-order chi connectivity index (χ0) is 35.6. The molecule has 0 radical (unpaired) electrons. The standard InChI is InChI=1S/C39H41FN4O7/c1-21-30-33(37(49-3)34(32(21)40)42-18-24-10-7-16-41-27(24)19-42)44(25-11-12-25)22(2)31(36(30)46)39(48)51-20-50-38(47)26-15-17-43-28(26)13-14-29(43)35(45)23-8-5-4-6-9-23/h4-6,8-9,13-14,24-27,41H,7,10-12,15-20H2,1-3H3. The van der Waals surface area contributed by atoms with E-state index < -0.39 is 35.9 Å². The average molecular weight is 697 g/mol. The van der Waals surface area contributed by atoms with Crippen molar-refractivity contribution in [2.45, 2.75) is 70.5 Å². The van der Waals surface area contributed by atoms with Crippen LogP contribution in [0.15, 0.2) is 47.3 Å². The highest BCUT2D eigenvalue weighted by Gasteiger charge is 2.40. The summed E-state index contributed by atoms with van der Waals surface area (Å²) in [6.45, 7) is 5.29. The number of anilines is 1. The second-order valence-corrected chi connectivity index (χ2v) is 14.1. The van der Waals surface area contributed by atoms with Crippen molar-refractivity contribution in [1.29, 1.82) is 0 Å². The normalized spacial score (nSPS) is 21.0. The average Bonchev–Trinajstić information content (AvgIpc) is 3.52. The van der Waals surface area contributed by atoms with Crippen LogP contribution in [0.5, 0.6) is 5.75 Å². The number of hydrogen-bond acceptors (Lipinski definition) is 9. The molecule has 0 spiro atoms. The van der Waals surface area contributed by atoms with Crippen LogP contribution in [0.3, 0.4) is 0 Å². The van der Waals surface area contributed by atoms with Crippen molar-refractivity contribution in [3.63, 3.8) is 0 Å². The molecular weight excluding hydrogens is 655 g/mol. The monoisotopic (exact) mass is 696 g/mol. The highest BCUT2D eigenvalue weighted by Crippen LogP contribution is 2.47. The van der Waals surface area contributed by atoms with E-state index in [9.17, 15) is 19.2 Å². The maximum atomic E-state index is 16.5. The Balaban J connectivity index is 1.05. The fourth-order valence-corrected chi connectivity index (χ4v) is 8.54. The second kappa shape index (κ2) is 13.0. The van der Waals surface area contributed by atoms with Gasteiger partial charge in [-0.3, -0.25) is 14.4 Å². The fraction of sp³-hybridized carbons (Fsp3) is 0.436. The molecule has 1 N–H and O–H groups in total. The molecular formula is C39H41FN4O7. The van der Waals surface area contributed by atoms with Gasteiger partial charge in [-0.1, -0.05) is 30.3 Å². The highest BCUT2D eigenvalue weighted by atomic mass is 19.1. The molecule has 1 saturated carbocycles. The number of methoxy groups -OCH3 is 1. The number of piperidine rings is 1. The van der Waals surface area contributed by atoms with Gasteiger partial charge in [0.2, 0.25) is 18.0 Å². The summed E-state index contributed by atoms with van der Waals surface area (Å²) in [5.41, 5.74) is 2.19. The van der Waals surface area contributed by atoms with Crippen LogP contribution in [0.1, 0.15) is 87.4 Å². The lowest BCUT2D eigenvalue weighted by atomic mass is 9.94. The summed E-state index contributed by atoms with van der Waals surface area (Å²) in [7, 11) is 1.49. The summed E-state index contributed by atoms with van der Waals surface area (Å²) in [6, 6.07) is 12.6. The number of pyridine rings is 1. The van der Waals surface area contributed by atoms with Gasteiger partial charge in [-0.15, -0.1) is 0 Å². The van der Waals surface area contributed by atoms with Crippen LogP contribution in [0, 0.1) is 25.6 Å². The maximum absolute atomic E-state index is 16.5. The van der Waals surface area contributed by atoms with E-state index >= 15 is 4.39 Å². The number of hydrogen-bond donors (Lipinski definition) is 1. The third-order valence-corrected chi connectivity index (χ3v) is 11.2. The molecule has 3 fully saturated rings. The topological polar surface area (TPSA) is 121 Å². The van der Waals surface area contributed by atoms with Crippen molar-refractivity contribution in [1.82, 2.24) is 14.5 Å². The molecule has 8 rings (SSSR count). The van der Waals surface area contributed by atoms with Crippen molar-refractivity contribution in [3.05, 3.63) is 92.3 Å². The minimum atomic E-state index is -0.954. The molecule has 3 unspecified atom stereocenters. The first-order valence-corrected chi connectivity index (χ1v) is 17.8. The number of nitrogens with one attached hydrogen (secondary N) is 1. The third kappa shape index (κ3) is 5.51. The van der Waals surface area contributed by atoms with Gasteiger partial charge in [0, 0.05) is 54.2 Å². The van der Waals surface area contributed by atoms with Gasteiger partial charge in [0.1, 0.15) is 11.3 Å². The Bertz CT molecular complexity index is 2120. The van der Waals surface area contributed by atoms with Gasteiger partial charge in [0.15, 0.2) is 11.6 Å². The van der Waals surface area contributed by atoms with Gasteiger partial charge < -0.3 is 33.6 Å². The molecule has 4 aliphatic rings. The number of ether oxygens (including phenoxy) is 3. The molecule has 0 amide bonds. The van der Waals surface area contributed by atoms with Crippen LogP contribution in [-0.4, -0.2) is 66.4 Å². The fourth-order valence-electron chi connectivity index (χ4n) is 8.54. The lowest BCUT2D eigenvalue weighted by molar-refractivity contribution is -0.154. The lowest BCUT2D eigenvalue weighted by Crippen LogP contribution is -2.40. The van der Waals surface area contributed by atoms with Gasteiger partial charge in [-0.05, 0) is 70.5 Å². The largest absolute Gasteiger partial charge is 0.492 e. The molecule has 11 nitrogen and oxygen atoms in total. The minimum absolute atomic E-state index is 0.00388. The number of rotatable bonds is 9. The first kappa shape index (κ1) is 33.2. The van der Waals surface area contributed by atoms with Gasteiger partial charge in [0.05, 0.1) is 29.6 Å². The van der Waals surface area contributed by atoms with E-state index in [0.29, 0.717) is 71.6 Å². The first-order chi connectivity index (χ1) is 24.7. The van der Waals surface area contributed by atoms with E-state index in [1.165, 1.54) is 7.11 Å². The van der Waals surface area contributed by atoms with E-state index in [1.807, 2.05) is 20.1 Å². The molecule has 4 aromatic rings. The van der Waals surface area contributed by atoms with Crippen molar-refractivity contribution >= 4 is 34.3 Å². The van der Waals surface area contributed by atoms with E-state index in [1.54, 1.807) is 50.2 Å². The molecule has 3 aliphatic heterocycles. The van der Waals surface area contributed by atoms with Crippen LogP contribution in [-0.2, 0) is 20.8 Å². The van der Waals surface area contributed by atoms with Gasteiger partial charge in [-0.25, -0.2) is 9.18 Å². The predicted molar refractivity (Wildman–Crippen MR) is 187 cm³/mol. The number of aryl methyl sites for hydroxylation is 1. The lowest BCUT2D eigenvalue weighted by Gasteiger charge is -2.27. The van der Waals surface area contributed by atoms with Gasteiger partial charge in [-0.2, -0.15) is 0 Å². The van der Waals surface area contributed by atoms with Crippen molar-refractivity contribution in [2.24, 2.45) is 5.92 Å². The number of fused-ring (bicyclic) bond motifs is 3. The molecule has 1 aliphatic carbocycles. The van der Waals surface area contributed by atoms with E-state index in [4.69, 9.17) is 14.2 Å². The van der Waals surface area contributed by atoms with Gasteiger partial charge >= 0.3 is 11.9 Å². The van der Waals surface area contributed by atoms with Crippen LogP contribution in [0.4, 0.5) is 10.1 Å². The molecule has 2 saturated heterocycles. The quantitative estimate of drug-likeness (QED) is 0.144. The molecule has 2 aromatic carbocycles.